The number of hydrogen-bond donors (Lipinski definition) is 0. The fourth-order valence-corrected chi connectivity index (χ4v) is 2.43. The Hall–Kier alpha value is -0.370. The summed E-state index contributed by atoms with van der Waals surface area (Å²) in [6.45, 7) is 4.37. The minimum Gasteiger partial charge on any atom is -0.380 e. The topological polar surface area (TPSA) is 26.3 Å². The van der Waals surface area contributed by atoms with Gasteiger partial charge in [0.25, 0.3) is 0 Å². The van der Waals surface area contributed by atoms with Crippen molar-refractivity contribution in [1.29, 1.82) is 0 Å². The standard InChI is InChI=1S/C10H18O2/c1-7-4-8(2)10(12-3)9(5-7)6-11/h6-10H,4-5H2,1-3H3. The summed E-state index contributed by atoms with van der Waals surface area (Å²) >= 11 is 0. The Labute approximate surface area is 74.3 Å². The molecule has 1 saturated carbocycles. The molecule has 1 aliphatic carbocycles. The first-order valence-electron chi connectivity index (χ1n) is 4.67. The molecule has 0 aromatic rings. The zero-order valence-corrected chi connectivity index (χ0v) is 8.12. The van der Waals surface area contributed by atoms with Crippen LogP contribution in [0.25, 0.3) is 0 Å². The minimum absolute atomic E-state index is 0.119. The van der Waals surface area contributed by atoms with Gasteiger partial charge < -0.3 is 9.53 Å². The maximum absolute atomic E-state index is 10.7. The third kappa shape index (κ3) is 1.86. The molecule has 0 saturated heterocycles. The van der Waals surface area contributed by atoms with E-state index in [1.807, 2.05) is 0 Å². The van der Waals surface area contributed by atoms with Crippen LogP contribution in [-0.2, 0) is 9.53 Å². The molecular weight excluding hydrogens is 152 g/mol. The van der Waals surface area contributed by atoms with Crippen molar-refractivity contribution in [3.63, 3.8) is 0 Å². The van der Waals surface area contributed by atoms with Gasteiger partial charge in [-0.3, -0.25) is 0 Å². The number of rotatable bonds is 2. The van der Waals surface area contributed by atoms with E-state index in [1.54, 1.807) is 7.11 Å². The molecule has 1 fully saturated rings. The van der Waals surface area contributed by atoms with Crippen LogP contribution < -0.4 is 0 Å². The lowest BCUT2D eigenvalue weighted by Gasteiger charge is -2.35. The molecule has 4 atom stereocenters. The van der Waals surface area contributed by atoms with E-state index >= 15 is 0 Å². The van der Waals surface area contributed by atoms with Crippen LogP contribution in [0.3, 0.4) is 0 Å². The largest absolute Gasteiger partial charge is 0.380 e. The lowest BCUT2D eigenvalue weighted by Crippen LogP contribution is -2.37. The number of ether oxygens (including phenoxy) is 1. The van der Waals surface area contributed by atoms with Gasteiger partial charge in [-0.1, -0.05) is 13.8 Å². The predicted molar refractivity (Wildman–Crippen MR) is 47.9 cm³/mol. The van der Waals surface area contributed by atoms with Gasteiger partial charge in [0.05, 0.1) is 6.10 Å². The molecule has 0 aliphatic heterocycles. The van der Waals surface area contributed by atoms with Crippen LogP contribution in [0.5, 0.6) is 0 Å². The van der Waals surface area contributed by atoms with Crippen molar-refractivity contribution in [2.24, 2.45) is 17.8 Å². The van der Waals surface area contributed by atoms with Gasteiger partial charge in [0.1, 0.15) is 6.29 Å². The highest BCUT2D eigenvalue weighted by Crippen LogP contribution is 2.33. The highest BCUT2D eigenvalue weighted by molar-refractivity contribution is 5.54. The maximum Gasteiger partial charge on any atom is 0.125 e. The van der Waals surface area contributed by atoms with Crippen molar-refractivity contribution in [2.45, 2.75) is 32.8 Å². The summed E-state index contributed by atoms with van der Waals surface area (Å²) in [4.78, 5) is 10.7. The molecule has 1 rings (SSSR count). The molecule has 0 N–H and O–H groups in total. The third-order valence-electron chi connectivity index (χ3n) is 2.88. The Morgan fingerprint density at radius 2 is 2.00 bits per heavy atom. The molecule has 4 unspecified atom stereocenters. The van der Waals surface area contributed by atoms with E-state index in [1.165, 1.54) is 6.42 Å². The fraction of sp³-hybridized carbons (Fsp3) is 0.900. The first-order chi connectivity index (χ1) is 5.69. The first-order valence-corrected chi connectivity index (χ1v) is 4.67. The van der Waals surface area contributed by atoms with Crippen LogP contribution in [0.4, 0.5) is 0 Å². The van der Waals surface area contributed by atoms with Crippen molar-refractivity contribution in [3.05, 3.63) is 0 Å². The molecule has 0 radical (unpaired) electrons. The lowest BCUT2D eigenvalue weighted by atomic mass is 9.75. The van der Waals surface area contributed by atoms with Crippen LogP contribution in [0, 0.1) is 17.8 Å². The Balaban J connectivity index is 2.62. The Morgan fingerprint density at radius 1 is 1.33 bits per heavy atom. The van der Waals surface area contributed by atoms with E-state index in [4.69, 9.17) is 4.74 Å². The summed E-state index contributed by atoms with van der Waals surface area (Å²) in [6.07, 6.45) is 3.38. The molecule has 2 heteroatoms. The predicted octanol–water partition coefficient (Wildman–Crippen LogP) is 1.88. The zero-order valence-electron chi connectivity index (χ0n) is 8.12. The maximum atomic E-state index is 10.7. The normalized spacial score (nSPS) is 42.6. The smallest absolute Gasteiger partial charge is 0.125 e. The molecule has 1 aliphatic rings. The van der Waals surface area contributed by atoms with Crippen LogP contribution >= 0.6 is 0 Å². The summed E-state index contributed by atoms with van der Waals surface area (Å²) in [7, 11) is 1.70. The van der Waals surface area contributed by atoms with Gasteiger partial charge in [-0.2, -0.15) is 0 Å². The van der Waals surface area contributed by atoms with Crippen molar-refractivity contribution >= 4 is 6.29 Å². The zero-order chi connectivity index (χ0) is 9.14. The van der Waals surface area contributed by atoms with Gasteiger partial charge in [-0.15, -0.1) is 0 Å². The second-order valence-corrected chi connectivity index (χ2v) is 4.05. The summed E-state index contributed by atoms with van der Waals surface area (Å²) in [5.74, 6) is 1.31. The van der Waals surface area contributed by atoms with E-state index in [0.717, 1.165) is 12.7 Å². The average Bonchev–Trinajstić information content (AvgIpc) is 2.03. The van der Waals surface area contributed by atoms with Crippen LogP contribution in [0.1, 0.15) is 26.7 Å². The van der Waals surface area contributed by atoms with E-state index in [0.29, 0.717) is 11.8 Å². The van der Waals surface area contributed by atoms with Gasteiger partial charge in [-0.25, -0.2) is 0 Å². The lowest BCUT2D eigenvalue weighted by molar-refractivity contribution is -0.120. The number of carbonyl (C=O) groups excluding carboxylic acids is 1. The molecular formula is C10H18O2. The summed E-state index contributed by atoms with van der Waals surface area (Å²) in [5, 5.41) is 0. The van der Waals surface area contributed by atoms with E-state index in [-0.39, 0.29) is 12.0 Å². The highest BCUT2D eigenvalue weighted by atomic mass is 16.5. The Morgan fingerprint density at radius 3 is 2.50 bits per heavy atom. The van der Waals surface area contributed by atoms with Crippen LogP contribution in [0.2, 0.25) is 0 Å². The monoisotopic (exact) mass is 170 g/mol. The van der Waals surface area contributed by atoms with E-state index < -0.39 is 0 Å². The average molecular weight is 170 g/mol. The Kier molecular flexibility index (Phi) is 3.27. The molecule has 0 heterocycles. The van der Waals surface area contributed by atoms with Gasteiger partial charge in [-0.05, 0) is 24.7 Å². The second kappa shape index (κ2) is 4.04. The molecule has 0 bridgehead atoms. The van der Waals surface area contributed by atoms with Gasteiger partial charge in [0, 0.05) is 13.0 Å². The minimum atomic E-state index is 0.119. The molecule has 70 valence electrons. The molecule has 2 nitrogen and oxygen atoms in total. The van der Waals surface area contributed by atoms with Crippen molar-refractivity contribution in [2.75, 3.05) is 7.11 Å². The molecule has 0 aromatic carbocycles. The fourth-order valence-electron chi connectivity index (χ4n) is 2.43. The van der Waals surface area contributed by atoms with E-state index in [2.05, 4.69) is 13.8 Å². The second-order valence-electron chi connectivity index (χ2n) is 4.05. The molecule has 0 spiro atoms. The van der Waals surface area contributed by atoms with Gasteiger partial charge >= 0.3 is 0 Å². The van der Waals surface area contributed by atoms with Crippen LogP contribution in [0.15, 0.2) is 0 Å². The highest BCUT2D eigenvalue weighted by Gasteiger charge is 2.33. The number of hydrogen-bond acceptors (Lipinski definition) is 2. The summed E-state index contributed by atoms with van der Waals surface area (Å²) < 4.78 is 5.32. The molecule has 0 amide bonds. The SMILES string of the molecule is COC1C(C)CC(C)CC1C=O. The van der Waals surface area contributed by atoms with Crippen molar-refractivity contribution in [3.8, 4) is 0 Å². The van der Waals surface area contributed by atoms with Crippen LogP contribution in [-0.4, -0.2) is 19.5 Å². The summed E-state index contributed by atoms with van der Waals surface area (Å²) in [6, 6.07) is 0. The van der Waals surface area contributed by atoms with Gasteiger partial charge in [0.2, 0.25) is 0 Å². The number of methoxy groups -OCH3 is 1. The Bertz CT molecular complexity index is 156. The molecule has 0 aromatic heterocycles. The number of carbonyl (C=O) groups is 1. The first kappa shape index (κ1) is 9.72. The van der Waals surface area contributed by atoms with Gasteiger partial charge in [0.15, 0.2) is 0 Å². The molecule has 12 heavy (non-hydrogen) atoms. The third-order valence-corrected chi connectivity index (χ3v) is 2.88. The van der Waals surface area contributed by atoms with Crippen molar-refractivity contribution in [1.82, 2.24) is 0 Å². The quantitative estimate of drug-likeness (QED) is 0.591. The summed E-state index contributed by atoms with van der Waals surface area (Å²) in [5.41, 5.74) is 0. The van der Waals surface area contributed by atoms with Crippen molar-refractivity contribution < 1.29 is 9.53 Å². The van der Waals surface area contributed by atoms with E-state index in [9.17, 15) is 4.79 Å². The number of aldehydes is 1.